The summed E-state index contributed by atoms with van der Waals surface area (Å²) in [6, 6.07) is 0.569. The van der Waals surface area contributed by atoms with Crippen LogP contribution < -0.4 is 5.73 Å². The highest BCUT2D eigenvalue weighted by atomic mass is 79.9. The normalized spacial score (nSPS) is 10.7. The molecular formula is C9H4BrF3N4O. The quantitative estimate of drug-likeness (QED) is 0.653. The summed E-state index contributed by atoms with van der Waals surface area (Å²) in [6.45, 7) is 0. The summed E-state index contributed by atoms with van der Waals surface area (Å²) in [7, 11) is 0. The van der Waals surface area contributed by atoms with Crippen LogP contribution >= 0.6 is 15.9 Å². The molecule has 1 aromatic carbocycles. The van der Waals surface area contributed by atoms with Crippen LogP contribution in [0.2, 0.25) is 0 Å². The lowest BCUT2D eigenvalue weighted by molar-refractivity contribution is 0.0996. The fourth-order valence-electron chi connectivity index (χ4n) is 1.34. The zero-order chi connectivity index (χ0) is 13.4. The Kier molecular flexibility index (Phi) is 3.07. The van der Waals surface area contributed by atoms with E-state index in [0.717, 1.165) is 0 Å². The van der Waals surface area contributed by atoms with Crippen LogP contribution in [0.5, 0.6) is 0 Å². The number of hydrogen-bond acceptors (Lipinski definition) is 3. The zero-order valence-electron chi connectivity index (χ0n) is 8.47. The van der Waals surface area contributed by atoms with Crippen molar-refractivity contribution in [3.05, 3.63) is 33.7 Å². The predicted molar refractivity (Wildman–Crippen MR) is 57.9 cm³/mol. The number of nitrogens with two attached hydrogens (primary N) is 1. The second-order valence-corrected chi connectivity index (χ2v) is 4.03. The first-order valence-corrected chi connectivity index (χ1v) is 5.26. The van der Waals surface area contributed by atoms with E-state index in [4.69, 9.17) is 5.73 Å². The van der Waals surface area contributed by atoms with Gasteiger partial charge < -0.3 is 5.73 Å². The van der Waals surface area contributed by atoms with Gasteiger partial charge in [0.1, 0.15) is 11.5 Å². The van der Waals surface area contributed by atoms with Crippen molar-refractivity contribution in [3.63, 3.8) is 0 Å². The molecule has 0 bridgehead atoms. The molecule has 0 saturated heterocycles. The summed E-state index contributed by atoms with van der Waals surface area (Å²) in [4.78, 5) is 11.0. The number of aromatic amines is 1. The molecule has 1 amide bonds. The van der Waals surface area contributed by atoms with Gasteiger partial charge in [-0.3, -0.25) is 4.79 Å². The first-order valence-electron chi connectivity index (χ1n) is 4.47. The SMILES string of the molecule is NC(=O)c1n[nH]nc1-c1cc(F)c(F)c(Br)c1F. The number of benzene rings is 1. The van der Waals surface area contributed by atoms with Crippen molar-refractivity contribution in [1.82, 2.24) is 15.4 Å². The van der Waals surface area contributed by atoms with Gasteiger partial charge in [0, 0.05) is 5.56 Å². The fourth-order valence-corrected chi connectivity index (χ4v) is 1.74. The minimum Gasteiger partial charge on any atom is -0.364 e. The van der Waals surface area contributed by atoms with Gasteiger partial charge in [-0.05, 0) is 22.0 Å². The minimum absolute atomic E-state index is 0.292. The monoisotopic (exact) mass is 320 g/mol. The fraction of sp³-hybridized carbons (Fsp3) is 0. The van der Waals surface area contributed by atoms with Crippen LogP contribution in [0.3, 0.4) is 0 Å². The number of primary amides is 1. The van der Waals surface area contributed by atoms with Gasteiger partial charge in [-0.1, -0.05) is 0 Å². The maximum atomic E-state index is 13.8. The minimum atomic E-state index is -1.37. The van der Waals surface area contributed by atoms with Crippen LogP contribution in [0.25, 0.3) is 11.3 Å². The molecule has 0 atom stereocenters. The molecule has 0 spiro atoms. The molecule has 94 valence electrons. The van der Waals surface area contributed by atoms with E-state index in [1.54, 1.807) is 0 Å². The highest BCUT2D eigenvalue weighted by molar-refractivity contribution is 9.10. The molecule has 0 aliphatic heterocycles. The molecule has 3 N–H and O–H groups in total. The van der Waals surface area contributed by atoms with Gasteiger partial charge in [-0.15, -0.1) is 0 Å². The Morgan fingerprint density at radius 1 is 1.28 bits per heavy atom. The average Bonchev–Trinajstić information content (AvgIpc) is 2.80. The Morgan fingerprint density at radius 3 is 2.56 bits per heavy atom. The lowest BCUT2D eigenvalue weighted by atomic mass is 10.1. The highest BCUT2D eigenvalue weighted by Gasteiger charge is 2.23. The van der Waals surface area contributed by atoms with E-state index in [1.807, 2.05) is 0 Å². The van der Waals surface area contributed by atoms with E-state index >= 15 is 0 Å². The third kappa shape index (κ3) is 1.86. The maximum absolute atomic E-state index is 13.8. The van der Waals surface area contributed by atoms with Crippen molar-refractivity contribution in [1.29, 1.82) is 0 Å². The Balaban J connectivity index is 2.72. The van der Waals surface area contributed by atoms with Crippen LogP contribution in [0.1, 0.15) is 10.5 Å². The molecular weight excluding hydrogens is 317 g/mol. The number of nitrogens with zero attached hydrogens (tertiary/aromatic N) is 2. The van der Waals surface area contributed by atoms with Gasteiger partial charge in [0.2, 0.25) is 0 Å². The summed E-state index contributed by atoms with van der Waals surface area (Å²) < 4.78 is 39.3. The molecule has 1 heterocycles. The van der Waals surface area contributed by atoms with Crippen LogP contribution in [0.4, 0.5) is 13.2 Å². The van der Waals surface area contributed by atoms with Crippen molar-refractivity contribution in [3.8, 4) is 11.3 Å². The average molecular weight is 321 g/mol. The van der Waals surface area contributed by atoms with Gasteiger partial charge >= 0.3 is 0 Å². The number of hydrogen-bond donors (Lipinski definition) is 2. The van der Waals surface area contributed by atoms with E-state index in [1.165, 1.54) is 0 Å². The number of carbonyl (C=O) groups excluding carboxylic acids is 1. The molecule has 9 heteroatoms. The Bertz CT molecular complexity index is 643. The van der Waals surface area contributed by atoms with E-state index in [-0.39, 0.29) is 11.4 Å². The summed E-state index contributed by atoms with van der Waals surface area (Å²) in [6.07, 6.45) is 0. The largest absolute Gasteiger partial charge is 0.364 e. The Hall–Kier alpha value is -1.90. The number of rotatable bonds is 2. The van der Waals surface area contributed by atoms with Crippen molar-refractivity contribution in [2.45, 2.75) is 0 Å². The van der Waals surface area contributed by atoms with Crippen molar-refractivity contribution >= 4 is 21.8 Å². The van der Waals surface area contributed by atoms with Gasteiger partial charge in [0.05, 0.1) is 4.47 Å². The zero-order valence-corrected chi connectivity index (χ0v) is 10.1. The molecule has 0 aliphatic carbocycles. The van der Waals surface area contributed by atoms with Crippen molar-refractivity contribution in [2.75, 3.05) is 0 Å². The molecule has 5 nitrogen and oxygen atoms in total. The number of H-pyrrole nitrogens is 1. The van der Waals surface area contributed by atoms with Gasteiger partial charge in [0.15, 0.2) is 17.3 Å². The number of aromatic nitrogens is 3. The second kappa shape index (κ2) is 4.41. The smallest absolute Gasteiger partial charge is 0.271 e. The van der Waals surface area contributed by atoms with Gasteiger partial charge in [-0.25, -0.2) is 13.2 Å². The predicted octanol–water partition coefficient (Wildman–Crippen LogP) is 1.75. The van der Waals surface area contributed by atoms with Gasteiger partial charge in [0.25, 0.3) is 5.91 Å². The molecule has 0 unspecified atom stereocenters. The molecule has 18 heavy (non-hydrogen) atoms. The lowest BCUT2D eigenvalue weighted by Gasteiger charge is -2.04. The molecule has 0 fully saturated rings. The summed E-state index contributed by atoms with van der Waals surface area (Å²) in [5.74, 6) is -4.75. The molecule has 0 radical (unpaired) electrons. The summed E-state index contributed by atoms with van der Waals surface area (Å²) in [5.41, 5.74) is 3.90. The van der Waals surface area contributed by atoms with E-state index in [0.29, 0.717) is 6.07 Å². The lowest BCUT2D eigenvalue weighted by Crippen LogP contribution is -2.13. The Labute approximate surface area is 106 Å². The van der Waals surface area contributed by atoms with Crippen LogP contribution in [0, 0.1) is 17.5 Å². The summed E-state index contributed by atoms with van der Waals surface area (Å²) in [5, 5.41) is 8.96. The first kappa shape index (κ1) is 12.6. The van der Waals surface area contributed by atoms with Crippen LogP contribution in [0.15, 0.2) is 10.5 Å². The van der Waals surface area contributed by atoms with Crippen molar-refractivity contribution in [2.24, 2.45) is 5.73 Å². The number of amides is 1. The molecule has 2 aromatic rings. The molecule has 0 aliphatic rings. The number of carbonyl (C=O) groups is 1. The second-order valence-electron chi connectivity index (χ2n) is 3.23. The molecule has 1 aromatic heterocycles. The molecule has 0 saturated carbocycles. The number of halogens is 4. The highest BCUT2D eigenvalue weighted by Crippen LogP contribution is 2.31. The maximum Gasteiger partial charge on any atom is 0.271 e. The molecule has 2 rings (SSSR count). The standard InChI is InChI=1S/C9H4BrF3N4O/c10-4-5(12)2(1-3(11)6(4)13)7-8(9(14)18)16-17-15-7/h1H,(H2,14,18)(H,15,16,17). The third-order valence-electron chi connectivity index (χ3n) is 2.14. The van der Waals surface area contributed by atoms with Crippen LogP contribution in [-0.4, -0.2) is 21.3 Å². The Morgan fingerprint density at radius 2 is 1.94 bits per heavy atom. The first-order chi connectivity index (χ1) is 8.43. The topological polar surface area (TPSA) is 84.7 Å². The van der Waals surface area contributed by atoms with Crippen LogP contribution in [-0.2, 0) is 0 Å². The van der Waals surface area contributed by atoms with E-state index in [9.17, 15) is 18.0 Å². The van der Waals surface area contributed by atoms with Gasteiger partial charge in [-0.2, -0.15) is 15.4 Å². The summed E-state index contributed by atoms with van der Waals surface area (Å²) >= 11 is 2.56. The van der Waals surface area contributed by atoms with Crippen molar-refractivity contribution < 1.29 is 18.0 Å². The third-order valence-corrected chi connectivity index (χ3v) is 2.84. The number of nitrogens with one attached hydrogen (secondary N) is 1. The van der Waals surface area contributed by atoms with E-state index < -0.39 is 33.4 Å². The van der Waals surface area contributed by atoms with E-state index in [2.05, 4.69) is 31.3 Å².